The molecule has 1 N–H and O–H groups in total. The van der Waals surface area contributed by atoms with E-state index in [0.717, 1.165) is 11.3 Å². The SMILES string of the molecule is CC(=O)OC1c2ccccc2NC(c2ccc(C)cc2)C1(C)C. The molecule has 1 heterocycles. The van der Waals surface area contributed by atoms with Gasteiger partial charge in [0.1, 0.15) is 6.10 Å². The maximum Gasteiger partial charge on any atom is 0.303 e. The number of para-hydroxylation sites is 1. The highest BCUT2D eigenvalue weighted by Crippen LogP contribution is 2.52. The number of carbonyl (C=O) groups excluding carboxylic acids is 1. The molecule has 2 aromatic rings. The molecule has 2 unspecified atom stereocenters. The van der Waals surface area contributed by atoms with Crippen molar-refractivity contribution in [3.63, 3.8) is 0 Å². The number of anilines is 1. The largest absolute Gasteiger partial charge is 0.457 e. The number of aryl methyl sites for hydroxylation is 1. The highest BCUT2D eigenvalue weighted by molar-refractivity contribution is 5.68. The van der Waals surface area contributed by atoms with Gasteiger partial charge in [-0.05, 0) is 18.6 Å². The van der Waals surface area contributed by atoms with E-state index in [4.69, 9.17) is 4.74 Å². The molecule has 120 valence electrons. The van der Waals surface area contributed by atoms with E-state index < -0.39 is 0 Å². The van der Waals surface area contributed by atoms with Crippen molar-refractivity contribution in [3.05, 3.63) is 65.2 Å². The Kier molecular flexibility index (Phi) is 3.88. The molecule has 0 bridgehead atoms. The lowest BCUT2D eigenvalue weighted by atomic mass is 9.70. The lowest BCUT2D eigenvalue weighted by Crippen LogP contribution is -2.40. The van der Waals surface area contributed by atoms with Gasteiger partial charge in [-0.25, -0.2) is 0 Å². The van der Waals surface area contributed by atoms with Crippen molar-refractivity contribution in [2.24, 2.45) is 5.41 Å². The molecule has 23 heavy (non-hydrogen) atoms. The third-order valence-corrected chi connectivity index (χ3v) is 4.66. The summed E-state index contributed by atoms with van der Waals surface area (Å²) < 4.78 is 5.73. The standard InChI is InChI=1S/C20H23NO2/c1-13-9-11-15(12-10-13)18-20(3,4)19(23-14(2)22)16-7-5-6-8-17(16)21-18/h5-12,18-19,21H,1-4H3. The van der Waals surface area contributed by atoms with Crippen molar-refractivity contribution in [1.29, 1.82) is 0 Å². The Morgan fingerprint density at radius 3 is 2.39 bits per heavy atom. The Morgan fingerprint density at radius 1 is 1.09 bits per heavy atom. The molecule has 0 saturated heterocycles. The fourth-order valence-corrected chi connectivity index (χ4v) is 3.40. The van der Waals surface area contributed by atoms with Crippen molar-refractivity contribution in [3.8, 4) is 0 Å². The van der Waals surface area contributed by atoms with Crippen LogP contribution in [0.3, 0.4) is 0 Å². The van der Waals surface area contributed by atoms with Gasteiger partial charge in [-0.3, -0.25) is 4.79 Å². The van der Waals surface area contributed by atoms with Gasteiger partial charge in [-0.2, -0.15) is 0 Å². The topological polar surface area (TPSA) is 38.3 Å². The summed E-state index contributed by atoms with van der Waals surface area (Å²) in [7, 11) is 0. The number of esters is 1. The van der Waals surface area contributed by atoms with Crippen LogP contribution in [0.4, 0.5) is 5.69 Å². The van der Waals surface area contributed by atoms with E-state index in [2.05, 4.69) is 50.4 Å². The first-order chi connectivity index (χ1) is 10.9. The summed E-state index contributed by atoms with van der Waals surface area (Å²) in [6, 6.07) is 16.7. The van der Waals surface area contributed by atoms with Gasteiger partial charge < -0.3 is 10.1 Å². The maximum absolute atomic E-state index is 11.7. The first-order valence-corrected chi connectivity index (χ1v) is 7.99. The predicted molar refractivity (Wildman–Crippen MR) is 92.3 cm³/mol. The second-order valence-electron chi connectivity index (χ2n) is 6.89. The summed E-state index contributed by atoms with van der Waals surface area (Å²) >= 11 is 0. The number of rotatable bonds is 2. The third kappa shape index (κ3) is 2.83. The Bertz CT molecular complexity index is 719. The first kappa shape index (κ1) is 15.6. The second-order valence-corrected chi connectivity index (χ2v) is 6.89. The van der Waals surface area contributed by atoms with Crippen molar-refractivity contribution in [1.82, 2.24) is 0 Å². The first-order valence-electron chi connectivity index (χ1n) is 7.99. The van der Waals surface area contributed by atoms with Gasteiger partial charge in [-0.1, -0.05) is 61.9 Å². The zero-order valence-corrected chi connectivity index (χ0v) is 14.1. The Labute approximate surface area is 137 Å². The quantitative estimate of drug-likeness (QED) is 0.810. The van der Waals surface area contributed by atoms with Crippen LogP contribution in [0.15, 0.2) is 48.5 Å². The smallest absolute Gasteiger partial charge is 0.303 e. The monoisotopic (exact) mass is 309 g/mol. The number of ether oxygens (including phenoxy) is 1. The van der Waals surface area contributed by atoms with E-state index in [-0.39, 0.29) is 23.5 Å². The Morgan fingerprint density at radius 2 is 1.74 bits per heavy atom. The van der Waals surface area contributed by atoms with Crippen LogP contribution in [0.5, 0.6) is 0 Å². The molecule has 0 saturated carbocycles. The van der Waals surface area contributed by atoms with Gasteiger partial charge >= 0.3 is 5.97 Å². The maximum atomic E-state index is 11.7. The van der Waals surface area contributed by atoms with Crippen LogP contribution in [-0.4, -0.2) is 5.97 Å². The van der Waals surface area contributed by atoms with E-state index in [1.54, 1.807) is 0 Å². The van der Waals surface area contributed by atoms with Crippen LogP contribution in [0.25, 0.3) is 0 Å². The Balaban J connectivity index is 2.09. The van der Waals surface area contributed by atoms with E-state index in [1.165, 1.54) is 18.1 Å². The summed E-state index contributed by atoms with van der Waals surface area (Å²) in [5.74, 6) is -0.248. The third-order valence-electron chi connectivity index (χ3n) is 4.66. The van der Waals surface area contributed by atoms with E-state index in [1.807, 2.05) is 24.3 Å². The molecule has 3 heteroatoms. The predicted octanol–water partition coefficient (Wildman–Crippen LogP) is 4.79. The second kappa shape index (κ2) is 5.73. The van der Waals surface area contributed by atoms with Gasteiger partial charge in [0.05, 0.1) is 6.04 Å². The van der Waals surface area contributed by atoms with Crippen LogP contribution < -0.4 is 5.32 Å². The number of benzene rings is 2. The zero-order chi connectivity index (χ0) is 16.6. The molecule has 0 amide bonds. The number of carbonyl (C=O) groups is 1. The molecule has 2 atom stereocenters. The lowest BCUT2D eigenvalue weighted by molar-refractivity contribution is -0.154. The average molecular weight is 309 g/mol. The fraction of sp³-hybridized carbons (Fsp3) is 0.350. The molecule has 0 aromatic heterocycles. The van der Waals surface area contributed by atoms with E-state index in [0.29, 0.717) is 0 Å². The molecule has 2 aromatic carbocycles. The van der Waals surface area contributed by atoms with Crippen LogP contribution in [-0.2, 0) is 9.53 Å². The number of hydrogen-bond donors (Lipinski definition) is 1. The summed E-state index contributed by atoms with van der Waals surface area (Å²) in [4.78, 5) is 11.7. The van der Waals surface area contributed by atoms with Crippen LogP contribution >= 0.6 is 0 Å². The summed E-state index contributed by atoms with van der Waals surface area (Å²) in [6.07, 6.45) is -0.274. The lowest BCUT2D eigenvalue weighted by Gasteiger charge is -2.46. The van der Waals surface area contributed by atoms with Gasteiger partial charge in [-0.15, -0.1) is 0 Å². The highest BCUT2D eigenvalue weighted by Gasteiger charge is 2.45. The molecule has 0 aliphatic carbocycles. The normalized spacial score (nSPS) is 21.9. The molecule has 0 fully saturated rings. The number of nitrogens with one attached hydrogen (secondary N) is 1. The minimum absolute atomic E-state index is 0.0716. The zero-order valence-electron chi connectivity index (χ0n) is 14.1. The van der Waals surface area contributed by atoms with Crippen molar-refractivity contribution >= 4 is 11.7 Å². The van der Waals surface area contributed by atoms with E-state index in [9.17, 15) is 4.79 Å². The molecule has 1 aliphatic heterocycles. The minimum atomic E-state index is -0.274. The molecular weight excluding hydrogens is 286 g/mol. The van der Waals surface area contributed by atoms with Gasteiger partial charge in [0, 0.05) is 23.6 Å². The van der Waals surface area contributed by atoms with Gasteiger partial charge in [0.25, 0.3) is 0 Å². The Hall–Kier alpha value is -2.29. The highest BCUT2D eigenvalue weighted by atomic mass is 16.5. The minimum Gasteiger partial charge on any atom is -0.457 e. The van der Waals surface area contributed by atoms with Gasteiger partial charge in [0.2, 0.25) is 0 Å². The van der Waals surface area contributed by atoms with Crippen LogP contribution in [0.1, 0.15) is 49.6 Å². The number of fused-ring (bicyclic) bond motifs is 1. The summed E-state index contributed by atoms with van der Waals surface area (Å²) in [5.41, 5.74) is 4.24. The fourth-order valence-electron chi connectivity index (χ4n) is 3.40. The van der Waals surface area contributed by atoms with E-state index >= 15 is 0 Å². The molecule has 0 radical (unpaired) electrons. The van der Waals surface area contributed by atoms with Crippen LogP contribution in [0, 0.1) is 12.3 Å². The summed E-state index contributed by atoms with van der Waals surface area (Å²) in [5, 5.41) is 3.63. The molecular formula is C20H23NO2. The molecule has 0 spiro atoms. The molecule has 3 rings (SSSR count). The summed E-state index contributed by atoms with van der Waals surface area (Å²) in [6.45, 7) is 7.85. The van der Waals surface area contributed by atoms with Crippen molar-refractivity contribution in [2.45, 2.75) is 39.8 Å². The molecule has 1 aliphatic rings. The number of hydrogen-bond acceptors (Lipinski definition) is 3. The van der Waals surface area contributed by atoms with Crippen molar-refractivity contribution < 1.29 is 9.53 Å². The molecule has 3 nitrogen and oxygen atoms in total. The average Bonchev–Trinajstić information content (AvgIpc) is 2.51. The van der Waals surface area contributed by atoms with Crippen molar-refractivity contribution in [2.75, 3.05) is 5.32 Å². The van der Waals surface area contributed by atoms with Gasteiger partial charge in [0.15, 0.2) is 0 Å². The van der Waals surface area contributed by atoms with Crippen LogP contribution in [0.2, 0.25) is 0 Å².